The fraction of sp³-hybridized carbons (Fsp3) is 0.375. The van der Waals surface area contributed by atoms with Gasteiger partial charge in [-0.25, -0.2) is 4.98 Å². The van der Waals surface area contributed by atoms with Crippen LogP contribution in [0.3, 0.4) is 0 Å². The van der Waals surface area contributed by atoms with E-state index in [9.17, 15) is 9.59 Å². The number of nitrogens with zero attached hydrogens (tertiary/aromatic N) is 2. The van der Waals surface area contributed by atoms with Crippen LogP contribution in [-0.2, 0) is 23.0 Å². The largest absolute Gasteiger partial charge is 0.497 e. The molecule has 8 nitrogen and oxygen atoms in total. The SMILES string of the molecule is COc1ccc(C(=O)Nc2ccc3c(c2)nc(CCCNC(=O)C2CCCO2)n3C)cc1. The summed E-state index contributed by atoms with van der Waals surface area (Å²) in [5.41, 5.74) is 3.05. The molecule has 0 radical (unpaired) electrons. The van der Waals surface area contributed by atoms with Gasteiger partial charge in [-0.1, -0.05) is 0 Å². The van der Waals surface area contributed by atoms with Crippen molar-refractivity contribution in [1.29, 1.82) is 0 Å². The van der Waals surface area contributed by atoms with Gasteiger partial charge in [-0.15, -0.1) is 0 Å². The number of ether oxygens (including phenoxy) is 2. The van der Waals surface area contributed by atoms with Crippen molar-refractivity contribution >= 4 is 28.5 Å². The Labute approximate surface area is 186 Å². The summed E-state index contributed by atoms with van der Waals surface area (Å²) < 4.78 is 12.6. The minimum atomic E-state index is -0.294. The van der Waals surface area contributed by atoms with Gasteiger partial charge in [-0.3, -0.25) is 9.59 Å². The molecule has 0 spiro atoms. The quantitative estimate of drug-likeness (QED) is 0.529. The molecule has 2 aromatic carbocycles. The highest BCUT2D eigenvalue weighted by atomic mass is 16.5. The number of rotatable bonds is 8. The Balaban J connectivity index is 1.35. The van der Waals surface area contributed by atoms with Crippen LogP contribution in [0.2, 0.25) is 0 Å². The van der Waals surface area contributed by atoms with Crippen LogP contribution in [0.15, 0.2) is 42.5 Å². The first-order chi connectivity index (χ1) is 15.5. The molecule has 1 unspecified atom stereocenters. The summed E-state index contributed by atoms with van der Waals surface area (Å²) >= 11 is 0. The van der Waals surface area contributed by atoms with E-state index in [1.807, 2.05) is 29.8 Å². The molecule has 2 heterocycles. The highest BCUT2D eigenvalue weighted by Crippen LogP contribution is 2.21. The van der Waals surface area contributed by atoms with E-state index in [2.05, 4.69) is 10.6 Å². The van der Waals surface area contributed by atoms with E-state index in [1.165, 1.54) is 0 Å². The van der Waals surface area contributed by atoms with Crippen molar-refractivity contribution in [3.63, 3.8) is 0 Å². The highest BCUT2D eigenvalue weighted by molar-refractivity contribution is 6.05. The second-order valence-corrected chi connectivity index (χ2v) is 7.87. The van der Waals surface area contributed by atoms with Crippen LogP contribution in [0, 0.1) is 0 Å². The number of benzene rings is 2. The second kappa shape index (κ2) is 9.82. The van der Waals surface area contributed by atoms with Crippen LogP contribution >= 0.6 is 0 Å². The molecule has 32 heavy (non-hydrogen) atoms. The van der Waals surface area contributed by atoms with E-state index >= 15 is 0 Å². The van der Waals surface area contributed by atoms with Gasteiger partial charge in [0.2, 0.25) is 5.91 Å². The van der Waals surface area contributed by atoms with E-state index in [-0.39, 0.29) is 17.9 Å². The molecule has 3 aromatic rings. The lowest BCUT2D eigenvalue weighted by Gasteiger charge is -2.10. The minimum absolute atomic E-state index is 0.0234. The van der Waals surface area contributed by atoms with E-state index in [0.29, 0.717) is 30.2 Å². The molecule has 0 bridgehead atoms. The third-order valence-corrected chi connectivity index (χ3v) is 5.68. The molecule has 1 fully saturated rings. The maximum absolute atomic E-state index is 12.5. The zero-order valence-electron chi connectivity index (χ0n) is 18.4. The standard InChI is InChI=1S/C24H28N4O4/c1-28-20-12-9-17(26-23(29)16-7-10-18(31-2)11-8-16)15-19(20)27-22(28)6-3-13-25-24(30)21-5-4-14-32-21/h7-12,15,21H,3-6,13-14H2,1-2H3,(H,25,30)(H,26,29). The zero-order chi connectivity index (χ0) is 22.5. The van der Waals surface area contributed by atoms with Gasteiger partial charge in [0, 0.05) is 37.9 Å². The molecule has 1 saturated heterocycles. The van der Waals surface area contributed by atoms with Crippen LogP contribution in [0.25, 0.3) is 11.0 Å². The van der Waals surface area contributed by atoms with Crippen LogP contribution in [0.4, 0.5) is 5.69 Å². The van der Waals surface area contributed by atoms with Crippen molar-refractivity contribution in [1.82, 2.24) is 14.9 Å². The van der Waals surface area contributed by atoms with Gasteiger partial charge in [0.15, 0.2) is 0 Å². The molecule has 1 aromatic heterocycles. The summed E-state index contributed by atoms with van der Waals surface area (Å²) in [6.07, 6.45) is 2.98. The van der Waals surface area contributed by atoms with Crippen LogP contribution in [-0.4, -0.2) is 47.7 Å². The molecule has 0 aliphatic carbocycles. The van der Waals surface area contributed by atoms with Crippen LogP contribution in [0.5, 0.6) is 5.75 Å². The fourth-order valence-corrected chi connectivity index (χ4v) is 3.85. The number of carbonyl (C=O) groups excluding carboxylic acids is 2. The third kappa shape index (κ3) is 4.91. The normalized spacial score (nSPS) is 15.6. The minimum Gasteiger partial charge on any atom is -0.497 e. The number of carbonyl (C=O) groups is 2. The van der Waals surface area contributed by atoms with E-state index < -0.39 is 0 Å². The lowest BCUT2D eigenvalue weighted by Crippen LogP contribution is -2.34. The molecule has 1 aliphatic heterocycles. The Hall–Kier alpha value is -3.39. The first-order valence-corrected chi connectivity index (χ1v) is 10.9. The molecule has 1 aliphatic rings. The molecular weight excluding hydrogens is 408 g/mol. The molecule has 2 amide bonds. The molecule has 8 heteroatoms. The number of hydrogen-bond donors (Lipinski definition) is 2. The van der Waals surface area contributed by atoms with Crippen molar-refractivity contribution < 1.29 is 19.1 Å². The lowest BCUT2D eigenvalue weighted by atomic mass is 10.2. The maximum atomic E-state index is 12.5. The van der Waals surface area contributed by atoms with Gasteiger partial charge >= 0.3 is 0 Å². The van der Waals surface area contributed by atoms with Crippen LogP contribution < -0.4 is 15.4 Å². The van der Waals surface area contributed by atoms with Gasteiger partial charge in [-0.2, -0.15) is 0 Å². The lowest BCUT2D eigenvalue weighted by molar-refractivity contribution is -0.130. The van der Waals surface area contributed by atoms with Gasteiger partial charge in [0.1, 0.15) is 17.7 Å². The van der Waals surface area contributed by atoms with E-state index in [4.69, 9.17) is 14.5 Å². The summed E-state index contributed by atoms with van der Waals surface area (Å²) in [6, 6.07) is 12.7. The van der Waals surface area contributed by atoms with E-state index in [0.717, 1.165) is 42.5 Å². The molecule has 2 N–H and O–H groups in total. The molecule has 0 saturated carbocycles. The Morgan fingerprint density at radius 3 is 2.75 bits per heavy atom. The zero-order valence-corrected chi connectivity index (χ0v) is 18.4. The Morgan fingerprint density at radius 2 is 2.03 bits per heavy atom. The van der Waals surface area contributed by atoms with Crippen LogP contribution in [0.1, 0.15) is 35.4 Å². The smallest absolute Gasteiger partial charge is 0.255 e. The molecule has 1 atom stereocenters. The second-order valence-electron chi connectivity index (χ2n) is 7.87. The van der Waals surface area contributed by atoms with Gasteiger partial charge in [0.05, 0.1) is 18.1 Å². The first-order valence-electron chi connectivity index (χ1n) is 10.9. The number of aromatic nitrogens is 2. The number of fused-ring (bicyclic) bond motifs is 1. The third-order valence-electron chi connectivity index (χ3n) is 5.68. The number of hydrogen-bond acceptors (Lipinski definition) is 5. The van der Waals surface area contributed by atoms with Gasteiger partial charge in [0.25, 0.3) is 5.91 Å². The first kappa shape index (κ1) is 21.8. The number of methoxy groups -OCH3 is 1. The number of nitrogens with one attached hydrogen (secondary N) is 2. The summed E-state index contributed by atoms with van der Waals surface area (Å²) in [7, 11) is 3.57. The molecular formula is C24H28N4O4. The van der Waals surface area contributed by atoms with Crippen molar-refractivity contribution in [3.8, 4) is 5.75 Å². The molecule has 4 rings (SSSR count). The van der Waals surface area contributed by atoms with Crippen molar-refractivity contribution in [3.05, 3.63) is 53.9 Å². The van der Waals surface area contributed by atoms with Gasteiger partial charge in [-0.05, 0) is 61.7 Å². The molecule has 168 valence electrons. The highest BCUT2D eigenvalue weighted by Gasteiger charge is 2.22. The van der Waals surface area contributed by atoms with Crippen molar-refractivity contribution in [2.75, 3.05) is 25.6 Å². The van der Waals surface area contributed by atoms with Gasteiger partial charge < -0.3 is 24.7 Å². The number of anilines is 1. The summed E-state index contributed by atoms with van der Waals surface area (Å²) in [4.78, 5) is 29.3. The Bertz CT molecular complexity index is 1100. The topological polar surface area (TPSA) is 94.5 Å². The number of imidazole rings is 1. The number of amides is 2. The Morgan fingerprint density at radius 1 is 1.22 bits per heavy atom. The predicted octanol–water partition coefficient (Wildman–Crippen LogP) is 3.06. The number of aryl methyl sites for hydroxylation is 2. The Kier molecular flexibility index (Phi) is 6.70. The van der Waals surface area contributed by atoms with Crippen molar-refractivity contribution in [2.45, 2.75) is 31.8 Å². The summed E-state index contributed by atoms with van der Waals surface area (Å²) in [5, 5.41) is 5.86. The average molecular weight is 437 g/mol. The summed E-state index contributed by atoms with van der Waals surface area (Å²) in [5.74, 6) is 1.43. The monoisotopic (exact) mass is 436 g/mol. The van der Waals surface area contributed by atoms with Crippen molar-refractivity contribution in [2.24, 2.45) is 7.05 Å². The summed E-state index contributed by atoms with van der Waals surface area (Å²) in [6.45, 7) is 1.26. The fourth-order valence-electron chi connectivity index (χ4n) is 3.85. The van der Waals surface area contributed by atoms with E-state index in [1.54, 1.807) is 31.4 Å². The average Bonchev–Trinajstić information content (AvgIpc) is 3.45. The predicted molar refractivity (Wildman–Crippen MR) is 122 cm³/mol. The maximum Gasteiger partial charge on any atom is 0.255 e.